The zero-order chi connectivity index (χ0) is 21.1. The van der Waals surface area contributed by atoms with Crippen LogP contribution in [0.1, 0.15) is 32.3 Å². The lowest BCUT2D eigenvalue weighted by Gasteiger charge is -2.30. The first-order valence-electron chi connectivity index (χ1n) is 8.51. The van der Waals surface area contributed by atoms with Crippen molar-refractivity contribution in [2.24, 2.45) is 10.9 Å². The van der Waals surface area contributed by atoms with Crippen LogP contribution in [0.4, 0.5) is 23.2 Å². The summed E-state index contributed by atoms with van der Waals surface area (Å²) in [5.74, 6) is -3.80. The van der Waals surface area contributed by atoms with Gasteiger partial charge in [0.05, 0.1) is 11.6 Å². The normalized spacial score (nSPS) is 21.1. The topological polar surface area (TPSA) is 91.3 Å². The summed E-state index contributed by atoms with van der Waals surface area (Å²) in [7, 11) is 0. The maximum absolute atomic E-state index is 13.7. The molecule has 1 atom stereocenters. The van der Waals surface area contributed by atoms with Gasteiger partial charge in [-0.05, 0) is 37.1 Å². The number of nitrogens with zero attached hydrogens (tertiary/aromatic N) is 1. The number of alkyl halides is 3. The average Bonchev–Trinajstić information content (AvgIpc) is 2.59. The SMILES string of the molecule is CC/C=C/N=C1\NC(=O)CC(C(F)(F)F)\C1=C(\C)C(=N)c1ccc(F)cc1N. The van der Waals surface area contributed by atoms with Gasteiger partial charge < -0.3 is 11.1 Å². The van der Waals surface area contributed by atoms with Crippen LogP contribution >= 0.6 is 0 Å². The van der Waals surface area contributed by atoms with Gasteiger partial charge in [-0.3, -0.25) is 10.2 Å². The van der Waals surface area contributed by atoms with E-state index < -0.39 is 30.2 Å². The molecule has 0 spiro atoms. The number of allylic oxidation sites excluding steroid dienone is 2. The van der Waals surface area contributed by atoms with Gasteiger partial charge in [-0.15, -0.1) is 0 Å². The first kappa shape index (κ1) is 21.3. The minimum Gasteiger partial charge on any atom is -0.398 e. The molecule has 0 radical (unpaired) electrons. The van der Waals surface area contributed by atoms with Crippen LogP contribution in [0.25, 0.3) is 0 Å². The van der Waals surface area contributed by atoms with Gasteiger partial charge in [-0.25, -0.2) is 9.38 Å². The van der Waals surface area contributed by atoms with Gasteiger partial charge in [-0.1, -0.05) is 13.0 Å². The molecule has 0 aliphatic carbocycles. The number of anilines is 1. The van der Waals surface area contributed by atoms with E-state index in [2.05, 4.69) is 10.3 Å². The number of amidine groups is 1. The summed E-state index contributed by atoms with van der Waals surface area (Å²) in [5.41, 5.74) is 5.09. The highest BCUT2D eigenvalue weighted by molar-refractivity contribution is 6.20. The number of hydrogen-bond acceptors (Lipinski definition) is 4. The van der Waals surface area contributed by atoms with Gasteiger partial charge in [0.15, 0.2) is 0 Å². The number of hydrogen-bond donors (Lipinski definition) is 3. The zero-order valence-corrected chi connectivity index (χ0v) is 15.3. The van der Waals surface area contributed by atoms with Crippen LogP contribution in [0.3, 0.4) is 0 Å². The van der Waals surface area contributed by atoms with Crippen LogP contribution in [0.5, 0.6) is 0 Å². The molecule has 0 saturated carbocycles. The predicted molar refractivity (Wildman–Crippen MR) is 99.5 cm³/mol. The monoisotopic (exact) mass is 396 g/mol. The van der Waals surface area contributed by atoms with E-state index in [1.165, 1.54) is 19.2 Å². The van der Waals surface area contributed by atoms with Crippen LogP contribution in [-0.4, -0.2) is 23.6 Å². The van der Waals surface area contributed by atoms with Crippen molar-refractivity contribution in [3.8, 4) is 0 Å². The lowest BCUT2D eigenvalue weighted by molar-refractivity contribution is -0.169. The number of rotatable bonds is 4. The Kier molecular flexibility index (Phi) is 6.37. The fourth-order valence-corrected chi connectivity index (χ4v) is 2.85. The van der Waals surface area contributed by atoms with E-state index in [9.17, 15) is 22.4 Å². The number of aliphatic imine (C=N–C) groups is 1. The Morgan fingerprint density at radius 2 is 2.11 bits per heavy atom. The lowest BCUT2D eigenvalue weighted by atomic mass is 9.84. The van der Waals surface area contributed by atoms with Crippen molar-refractivity contribution < 1.29 is 22.4 Å². The molecule has 1 heterocycles. The molecule has 0 bridgehead atoms. The minimum atomic E-state index is -4.71. The molecule has 0 aromatic heterocycles. The van der Waals surface area contributed by atoms with E-state index in [0.29, 0.717) is 6.42 Å². The molecule has 150 valence electrons. The Hall–Kier alpha value is -2.97. The Balaban J connectivity index is 2.65. The first-order valence-corrected chi connectivity index (χ1v) is 8.51. The second kappa shape index (κ2) is 8.37. The summed E-state index contributed by atoms with van der Waals surface area (Å²) in [5, 5.41) is 10.7. The number of carbonyl (C=O) groups excluding carboxylic acids is 1. The van der Waals surface area contributed by atoms with Crippen molar-refractivity contribution >= 4 is 23.1 Å². The van der Waals surface area contributed by atoms with Crippen molar-refractivity contribution in [2.75, 3.05) is 5.73 Å². The molecule has 9 heteroatoms. The fourth-order valence-electron chi connectivity index (χ4n) is 2.85. The number of amides is 1. The summed E-state index contributed by atoms with van der Waals surface area (Å²) in [6, 6.07) is 3.29. The molecule has 1 fully saturated rings. The predicted octanol–water partition coefficient (Wildman–Crippen LogP) is 4.11. The summed E-state index contributed by atoms with van der Waals surface area (Å²) in [4.78, 5) is 15.8. The molecule has 2 rings (SSSR count). The van der Waals surface area contributed by atoms with Crippen LogP contribution in [0.15, 0.2) is 46.6 Å². The molecule has 1 saturated heterocycles. The number of carbonyl (C=O) groups is 1. The maximum atomic E-state index is 13.7. The number of halogens is 4. The zero-order valence-electron chi connectivity index (χ0n) is 15.3. The Morgan fingerprint density at radius 3 is 2.68 bits per heavy atom. The highest BCUT2D eigenvalue weighted by atomic mass is 19.4. The first-order chi connectivity index (χ1) is 13.1. The largest absolute Gasteiger partial charge is 0.398 e. The third-order valence-corrected chi connectivity index (χ3v) is 4.25. The summed E-state index contributed by atoms with van der Waals surface area (Å²) < 4.78 is 54.2. The summed E-state index contributed by atoms with van der Waals surface area (Å²) >= 11 is 0. The van der Waals surface area contributed by atoms with Gasteiger partial charge in [0.2, 0.25) is 5.91 Å². The Morgan fingerprint density at radius 1 is 1.43 bits per heavy atom. The molecule has 1 aliphatic heterocycles. The van der Waals surface area contributed by atoms with E-state index in [1.54, 1.807) is 6.08 Å². The molecule has 1 aliphatic rings. The van der Waals surface area contributed by atoms with Crippen LogP contribution in [-0.2, 0) is 4.79 Å². The van der Waals surface area contributed by atoms with Crippen LogP contribution in [0, 0.1) is 17.1 Å². The average molecular weight is 396 g/mol. The molecular weight excluding hydrogens is 376 g/mol. The van der Waals surface area contributed by atoms with Gasteiger partial charge in [-0.2, -0.15) is 13.2 Å². The van der Waals surface area contributed by atoms with Crippen molar-refractivity contribution in [1.29, 1.82) is 5.41 Å². The van der Waals surface area contributed by atoms with Crippen LogP contribution < -0.4 is 11.1 Å². The number of nitrogens with two attached hydrogens (primary N) is 1. The van der Waals surface area contributed by atoms with E-state index in [0.717, 1.165) is 12.1 Å². The molecule has 28 heavy (non-hydrogen) atoms. The molecule has 4 N–H and O–H groups in total. The van der Waals surface area contributed by atoms with E-state index >= 15 is 0 Å². The second-order valence-corrected chi connectivity index (χ2v) is 6.26. The third kappa shape index (κ3) is 4.65. The van der Waals surface area contributed by atoms with Crippen molar-refractivity contribution in [3.63, 3.8) is 0 Å². The van der Waals surface area contributed by atoms with Gasteiger partial charge in [0.25, 0.3) is 0 Å². The Labute approximate surface area is 159 Å². The van der Waals surface area contributed by atoms with E-state index in [1.807, 2.05) is 6.92 Å². The molecule has 5 nitrogen and oxygen atoms in total. The lowest BCUT2D eigenvalue weighted by Crippen LogP contribution is -2.46. The smallest absolute Gasteiger partial charge is 0.396 e. The van der Waals surface area contributed by atoms with Gasteiger partial charge in [0.1, 0.15) is 11.7 Å². The number of nitrogen functional groups attached to an aromatic ring is 1. The van der Waals surface area contributed by atoms with Crippen LogP contribution in [0.2, 0.25) is 0 Å². The minimum absolute atomic E-state index is 0.0516. The highest BCUT2D eigenvalue weighted by Crippen LogP contribution is 2.39. The van der Waals surface area contributed by atoms with Crippen molar-refractivity contribution in [3.05, 3.63) is 53.0 Å². The molecular formula is C19H20F4N4O. The highest BCUT2D eigenvalue weighted by Gasteiger charge is 2.48. The summed E-state index contributed by atoms with van der Waals surface area (Å²) in [6.45, 7) is 3.15. The van der Waals surface area contributed by atoms with Crippen molar-refractivity contribution in [1.82, 2.24) is 5.32 Å². The number of piperidine rings is 1. The van der Waals surface area contributed by atoms with Gasteiger partial charge >= 0.3 is 6.18 Å². The maximum Gasteiger partial charge on any atom is 0.396 e. The number of benzene rings is 1. The quantitative estimate of drug-likeness (QED) is 0.406. The standard InChI is InChI=1S/C19H20F4N4O/c1-3-4-7-26-18-16(13(19(21,22)23)9-15(28)27-18)10(2)17(25)12-6-5-11(20)8-14(12)24/h4-8,13,25H,3,9,24H2,1-2H3,(H,26,27,28)/b7-4+,16-10+,25-17?. The molecule has 1 unspecified atom stereocenters. The van der Waals surface area contributed by atoms with E-state index in [-0.39, 0.29) is 33.9 Å². The van der Waals surface area contributed by atoms with Crippen molar-refractivity contribution in [2.45, 2.75) is 32.9 Å². The fraction of sp³-hybridized carbons (Fsp3) is 0.316. The van der Waals surface area contributed by atoms with Gasteiger partial charge in [0, 0.05) is 29.4 Å². The molecule has 1 aromatic rings. The second-order valence-electron chi connectivity index (χ2n) is 6.26. The molecule has 1 amide bonds. The summed E-state index contributed by atoms with van der Waals surface area (Å²) in [6.07, 6.45) is -1.99. The van der Waals surface area contributed by atoms with E-state index in [4.69, 9.17) is 11.1 Å². The molecule has 1 aromatic carbocycles. The number of nitrogens with one attached hydrogen (secondary N) is 2. The third-order valence-electron chi connectivity index (χ3n) is 4.25. The Bertz CT molecular complexity index is 884.